The minimum atomic E-state index is -1.13. The molecule has 3 heteroatoms. The van der Waals surface area contributed by atoms with Gasteiger partial charge in [0.1, 0.15) is 0 Å². The summed E-state index contributed by atoms with van der Waals surface area (Å²) < 4.78 is 6.21. The normalized spacial score (nSPS) is 41.4. The highest BCUT2D eigenvalue weighted by Gasteiger charge is 2.37. The van der Waals surface area contributed by atoms with Crippen molar-refractivity contribution in [3.8, 4) is 0 Å². The van der Waals surface area contributed by atoms with Crippen LogP contribution in [0.25, 0.3) is 0 Å². The molecule has 0 spiro atoms. The molecule has 0 aromatic carbocycles. The van der Waals surface area contributed by atoms with E-state index in [4.69, 9.17) is 16.3 Å². The molecule has 3 atom stereocenters. The first-order chi connectivity index (χ1) is 7.75. The van der Waals surface area contributed by atoms with Gasteiger partial charge in [-0.3, -0.25) is 0 Å². The van der Waals surface area contributed by atoms with Crippen molar-refractivity contribution in [2.45, 2.75) is 75.8 Å². The number of rotatable bonds is 1. The lowest BCUT2D eigenvalue weighted by molar-refractivity contribution is -0.0155. The van der Waals surface area contributed by atoms with Crippen molar-refractivity contribution in [1.29, 1.82) is 0 Å². The highest BCUT2D eigenvalue weighted by Crippen LogP contribution is 2.40. The zero-order valence-electron chi connectivity index (χ0n) is 11.6. The third-order valence-electron chi connectivity index (χ3n) is 3.72. The fourth-order valence-corrected chi connectivity index (χ4v) is 4.73. The Morgan fingerprint density at radius 1 is 1.35 bits per heavy atom. The third-order valence-corrected chi connectivity index (χ3v) is 5.30. The Balaban J connectivity index is 2.14. The molecule has 0 aromatic rings. The number of halogens is 1. The fraction of sp³-hybridized carbons (Fsp3) is 0.857. The van der Waals surface area contributed by atoms with Gasteiger partial charge in [0, 0.05) is 4.87 Å². The van der Waals surface area contributed by atoms with Crippen LogP contribution in [0.4, 0.5) is 0 Å². The first-order valence-corrected chi connectivity index (χ1v) is 10.8. The summed E-state index contributed by atoms with van der Waals surface area (Å²) in [5.41, 5.74) is 4.11. The van der Waals surface area contributed by atoms with Crippen molar-refractivity contribution in [3.63, 3.8) is 0 Å². The van der Waals surface area contributed by atoms with E-state index in [1.807, 2.05) is 0 Å². The molecule has 0 aromatic heterocycles. The SMILES string of the molecule is CC1(Cl)CC[C@@H]2O[C@@H](CC/C2=C\[Si](C)(C)C)C1. The van der Waals surface area contributed by atoms with Gasteiger partial charge in [0.15, 0.2) is 0 Å². The third kappa shape index (κ3) is 3.83. The molecule has 2 heterocycles. The van der Waals surface area contributed by atoms with Crippen molar-refractivity contribution in [1.82, 2.24) is 0 Å². The first kappa shape index (κ1) is 13.6. The Labute approximate surface area is 112 Å². The van der Waals surface area contributed by atoms with Gasteiger partial charge >= 0.3 is 0 Å². The molecule has 1 unspecified atom stereocenters. The van der Waals surface area contributed by atoms with Crippen LogP contribution in [0.5, 0.6) is 0 Å². The molecule has 2 aliphatic rings. The molecule has 0 N–H and O–H groups in total. The molecule has 2 rings (SSSR count). The van der Waals surface area contributed by atoms with E-state index in [0.29, 0.717) is 12.2 Å². The number of hydrogen-bond donors (Lipinski definition) is 0. The molecular weight excluding hydrogens is 248 g/mol. The minimum absolute atomic E-state index is 0.0476. The summed E-state index contributed by atoms with van der Waals surface area (Å²) in [6.07, 6.45) is 6.35. The van der Waals surface area contributed by atoms with Crippen molar-refractivity contribution < 1.29 is 4.74 Å². The van der Waals surface area contributed by atoms with Gasteiger partial charge in [-0.25, -0.2) is 0 Å². The average molecular weight is 273 g/mol. The van der Waals surface area contributed by atoms with Gasteiger partial charge in [-0.05, 0) is 44.6 Å². The molecule has 0 saturated carbocycles. The van der Waals surface area contributed by atoms with Crippen molar-refractivity contribution in [2.75, 3.05) is 0 Å². The summed E-state index contributed by atoms with van der Waals surface area (Å²) in [7, 11) is -1.13. The lowest BCUT2D eigenvalue weighted by Gasteiger charge is -2.32. The van der Waals surface area contributed by atoms with E-state index in [0.717, 1.165) is 25.7 Å². The van der Waals surface area contributed by atoms with Crippen LogP contribution in [-0.2, 0) is 4.74 Å². The molecule has 1 nitrogen and oxygen atoms in total. The van der Waals surface area contributed by atoms with Gasteiger partial charge in [-0.15, -0.1) is 11.6 Å². The molecular formula is C14H25ClOSi. The van der Waals surface area contributed by atoms with E-state index < -0.39 is 8.07 Å². The van der Waals surface area contributed by atoms with Crippen LogP contribution in [0.2, 0.25) is 19.6 Å². The van der Waals surface area contributed by atoms with Crippen LogP contribution >= 0.6 is 11.6 Å². The van der Waals surface area contributed by atoms with Crippen LogP contribution in [0.3, 0.4) is 0 Å². The van der Waals surface area contributed by atoms with Crippen LogP contribution in [0, 0.1) is 0 Å². The zero-order chi connectivity index (χ0) is 12.7. The minimum Gasteiger partial charge on any atom is -0.371 e. The van der Waals surface area contributed by atoms with Crippen molar-refractivity contribution in [2.24, 2.45) is 0 Å². The lowest BCUT2D eigenvalue weighted by Crippen LogP contribution is -2.31. The predicted octanol–water partition coefficient (Wildman–Crippen LogP) is 4.52. The summed E-state index contributed by atoms with van der Waals surface area (Å²) in [5.74, 6) is 0. The second-order valence-corrected chi connectivity index (χ2v) is 13.0. The van der Waals surface area contributed by atoms with E-state index in [1.165, 1.54) is 6.42 Å². The molecule has 17 heavy (non-hydrogen) atoms. The molecule has 2 saturated heterocycles. The Hall–Kier alpha value is 0.207. The average Bonchev–Trinajstić information content (AvgIpc) is 2.26. The molecule has 0 aliphatic carbocycles. The fourth-order valence-electron chi connectivity index (χ4n) is 3.01. The molecule has 0 amide bonds. The number of hydrogen-bond acceptors (Lipinski definition) is 1. The maximum absolute atomic E-state index is 6.53. The summed E-state index contributed by atoms with van der Waals surface area (Å²) in [6, 6.07) is 0. The zero-order valence-corrected chi connectivity index (χ0v) is 13.3. The second kappa shape index (κ2) is 4.71. The lowest BCUT2D eigenvalue weighted by atomic mass is 9.97. The van der Waals surface area contributed by atoms with E-state index in [1.54, 1.807) is 5.57 Å². The molecule has 2 fully saturated rings. The Bertz CT molecular complexity index is 317. The number of alkyl halides is 1. The van der Waals surface area contributed by atoms with Crippen molar-refractivity contribution in [3.05, 3.63) is 11.3 Å². The Morgan fingerprint density at radius 2 is 2.06 bits per heavy atom. The van der Waals surface area contributed by atoms with E-state index in [2.05, 4.69) is 32.3 Å². The van der Waals surface area contributed by atoms with E-state index in [9.17, 15) is 0 Å². The van der Waals surface area contributed by atoms with Gasteiger partial charge < -0.3 is 4.74 Å². The van der Waals surface area contributed by atoms with Crippen LogP contribution in [-0.4, -0.2) is 25.2 Å². The highest BCUT2D eigenvalue weighted by molar-refractivity contribution is 6.81. The Morgan fingerprint density at radius 3 is 2.71 bits per heavy atom. The van der Waals surface area contributed by atoms with Gasteiger partial charge in [0.2, 0.25) is 0 Å². The predicted molar refractivity (Wildman–Crippen MR) is 77.4 cm³/mol. The first-order valence-electron chi connectivity index (χ1n) is 6.81. The maximum Gasteiger partial charge on any atom is 0.0785 e. The summed E-state index contributed by atoms with van der Waals surface area (Å²) in [6.45, 7) is 9.36. The molecule has 2 aliphatic heterocycles. The Kier molecular flexibility index (Phi) is 3.78. The summed E-state index contributed by atoms with van der Waals surface area (Å²) >= 11 is 6.53. The van der Waals surface area contributed by atoms with Gasteiger partial charge in [0.05, 0.1) is 20.3 Å². The highest BCUT2D eigenvalue weighted by atomic mass is 35.5. The standard InChI is InChI=1S/C14H25ClOSi/c1-14(15)8-7-13-11(10-17(2,3)4)5-6-12(9-14)16-13/h10,12-13H,5-9H2,1-4H3/b11-10+/t12-,13-,14?/m0/s1. The maximum atomic E-state index is 6.53. The summed E-state index contributed by atoms with van der Waals surface area (Å²) in [5, 5.41) is 0. The van der Waals surface area contributed by atoms with Crippen molar-refractivity contribution >= 4 is 19.7 Å². The number of ether oxygens (including phenoxy) is 1. The van der Waals surface area contributed by atoms with Gasteiger partial charge in [0.25, 0.3) is 0 Å². The largest absolute Gasteiger partial charge is 0.371 e. The monoisotopic (exact) mass is 272 g/mol. The van der Waals surface area contributed by atoms with Gasteiger partial charge in [-0.1, -0.05) is 25.3 Å². The molecule has 2 bridgehead atoms. The van der Waals surface area contributed by atoms with Crippen LogP contribution in [0.15, 0.2) is 11.3 Å². The van der Waals surface area contributed by atoms with Crippen LogP contribution < -0.4 is 0 Å². The van der Waals surface area contributed by atoms with Crippen LogP contribution in [0.1, 0.15) is 39.0 Å². The van der Waals surface area contributed by atoms with E-state index in [-0.39, 0.29) is 4.87 Å². The topological polar surface area (TPSA) is 9.23 Å². The quantitative estimate of drug-likeness (QED) is 0.504. The van der Waals surface area contributed by atoms with Gasteiger partial charge in [-0.2, -0.15) is 0 Å². The number of fused-ring (bicyclic) bond motifs is 2. The summed E-state index contributed by atoms with van der Waals surface area (Å²) in [4.78, 5) is -0.0476. The molecule has 98 valence electrons. The second-order valence-electron chi connectivity index (χ2n) is 7.03. The van der Waals surface area contributed by atoms with E-state index >= 15 is 0 Å². The smallest absolute Gasteiger partial charge is 0.0785 e. The molecule has 0 radical (unpaired) electrons.